The van der Waals surface area contributed by atoms with Crippen LogP contribution in [0.25, 0.3) is 0 Å². The van der Waals surface area contributed by atoms with Crippen LogP contribution >= 0.6 is 61.7 Å². The van der Waals surface area contributed by atoms with Gasteiger partial charge in [-0.2, -0.15) is 0 Å². The Morgan fingerprint density at radius 1 is 1.18 bits per heavy atom. The van der Waals surface area contributed by atoms with Crippen molar-refractivity contribution >= 4 is 61.7 Å². The topological polar surface area (TPSA) is 25.8 Å². The molecule has 0 aliphatic rings. The maximum absolute atomic E-state index is 5.96. The average Bonchev–Trinajstić information content (AvgIpc) is 2.26. The molecule has 1 heterocycles. The van der Waals surface area contributed by atoms with E-state index < -0.39 is 0 Å². The molecule has 6 heteroatoms. The van der Waals surface area contributed by atoms with Gasteiger partial charge in [0, 0.05) is 10.9 Å². The molecule has 0 fully saturated rings. The normalized spacial score (nSPS) is 10.6. The molecule has 0 aliphatic carbocycles. The first-order chi connectivity index (χ1) is 8.06. The summed E-state index contributed by atoms with van der Waals surface area (Å²) >= 11 is 17.4. The molecule has 2 aromatic rings. The smallest absolute Gasteiger partial charge is 0.147 e. The fourth-order valence-corrected chi connectivity index (χ4v) is 2.45. The van der Waals surface area contributed by atoms with E-state index in [0.717, 1.165) is 10.0 Å². The van der Waals surface area contributed by atoms with Crippen molar-refractivity contribution in [2.75, 3.05) is 0 Å². The Labute approximate surface area is 131 Å². The van der Waals surface area contributed by atoms with Crippen LogP contribution in [0.1, 0.15) is 11.4 Å². The predicted octanol–water partition coefficient (Wildman–Crippen LogP) is 4.74. The third kappa shape index (κ3) is 3.53. The molecular formula is C11H6BrCl2IN2. The molecule has 1 aromatic carbocycles. The highest BCUT2D eigenvalue weighted by atomic mass is 127. The molecule has 2 nitrogen and oxygen atoms in total. The maximum atomic E-state index is 5.96. The number of rotatable bonds is 2. The van der Waals surface area contributed by atoms with Crippen molar-refractivity contribution in [1.82, 2.24) is 9.97 Å². The van der Waals surface area contributed by atoms with Gasteiger partial charge < -0.3 is 0 Å². The van der Waals surface area contributed by atoms with Crippen LogP contribution in [0.5, 0.6) is 0 Å². The summed E-state index contributed by atoms with van der Waals surface area (Å²) in [4.78, 5) is 8.41. The zero-order chi connectivity index (χ0) is 12.4. The minimum atomic E-state index is 0.399. The maximum Gasteiger partial charge on any atom is 0.147 e. The predicted molar refractivity (Wildman–Crippen MR) is 81.7 cm³/mol. The quantitative estimate of drug-likeness (QED) is 0.495. The van der Waals surface area contributed by atoms with E-state index in [4.69, 9.17) is 23.2 Å². The van der Waals surface area contributed by atoms with Gasteiger partial charge in [0.1, 0.15) is 16.1 Å². The standard InChI is InChI=1S/C11H6BrCl2IN2/c12-7-3-1-2-6(4-7)5-8-16-10(13)9(15)11(14)17-8/h1-4H,5H2. The molecule has 0 radical (unpaired) electrons. The summed E-state index contributed by atoms with van der Waals surface area (Å²) in [5.41, 5.74) is 1.10. The van der Waals surface area contributed by atoms with E-state index in [1.54, 1.807) is 0 Å². The zero-order valence-corrected chi connectivity index (χ0v) is 13.7. The summed E-state index contributed by atoms with van der Waals surface area (Å²) in [6, 6.07) is 7.96. The second-order valence-electron chi connectivity index (χ2n) is 3.34. The number of benzene rings is 1. The van der Waals surface area contributed by atoms with Crippen LogP contribution in [0.3, 0.4) is 0 Å². The van der Waals surface area contributed by atoms with Crippen LogP contribution in [0.4, 0.5) is 0 Å². The summed E-state index contributed by atoms with van der Waals surface area (Å²) in [7, 11) is 0. The minimum absolute atomic E-state index is 0.399. The first kappa shape index (κ1) is 13.5. The minimum Gasteiger partial charge on any atom is -0.220 e. The van der Waals surface area contributed by atoms with Crippen molar-refractivity contribution in [3.05, 3.63) is 54.0 Å². The molecule has 0 atom stereocenters. The van der Waals surface area contributed by atoms with Crippen LogP contribution in [0.15, 0.2) is 28.7 Å². The summed E-state index contributed by atoms with van der Waals surface area (Å²) < 4.78 is 1.71. The van der Waals surface area contributed by atoms with Crippen molar-refractivity contribution in [2.45, 2.75) is 6.42 Å². The third-order valence-electron chi connectivity index (χ3n) is 2.07. The van der Waals surface area contributed by atoms with Gasteiger partial charge in [-0.1, -0.05) is 51.3 Å². The van der Waals surface area contributed by atoms with Gasteiger partial charge in [-0.25, -0.2) is 9.97 Å². The summed E-state index contributed by atoms with van der Waals surface area (Å²) in [6.07, 6.45) is 0.607. The molecule has 0 saturated carbocycles. The first-order valence-corrected chi connectivity index (χ1v) is 7.31. The molecule has 88 valence electrons. The van der Waals surface area contributed by atoms with E-state index >= 15 is 0 Å². The molecule has 0 spiro atoms. The molecule has 0 bridgehead atoms. The lowest BCUT2D eigenvalue weighted by Crippen LogP contribution is -1.99. The highest BCUT2D eigenvalue weighted by Gasteiger charge is 2.09. The SMILES string of the molecule is Clc1nc(Cc2cccc(Br)c2)nc(Cl)c1I. The Kier molecular flexibility index (Phi) is 4.63. The largest absolute Gasteiger partial charge is 0.220 e. The van der Waals surface area contributed by atoms with E-state index in [9.17, 15) is 0 Å². The van der Waals surface area contributed by atoms with Gasteiger partial charge in [0.05, 0.1) is 3.57 Å². The van der Waals surface area contributed by atoms with Crippen LogP contribution in [0, 0.1) is 3.57 Å². The Bertz CT molecular complexity index is 540. The Hall–Kier alpha value is 0.0900. The fraction of sp³-hybridized carbons (Fsp3) is 0.0909. The van der Waals surface area contributed by atoms with Gasteiger partial charge in [-0.05, 0) is 40.3 Å². The average molecular weight is 444 g/mol. The molecule has 0 saturated heterocycles. The molecule has 0 amide bonds. The lowest BCUT2D eigenvalue weighted by molar-refractivity contribution is 0.961. The summed E-state index contributed by atoms with van der Waals surface area (Å²) in [5.74, 6) is 0.624. The van der Waals surface area contributed by atoms with Crippen molar-refractivity contribution in [1.29, 1.82) is 0 Å². The third-order valence-corrected chi connectivity index (χ3v) is 4.77. The number of hydrogen-bond donors (Lipinski definition) is 0. The van der Waals surface area contributed by atoms with Crippen molar-refractivity contribution in [3.8, 4) is 0 Å². The van der Waals surface area contributed by atoms with Gasteiger partial charge in [0.25, 0.3) is 0 Å². The summed E-state index contributed by atoms with van der Waals surface area (Å²) in [5, 5.41) is 0.797. The monoisotopic (exact) mass is 442 g/mol. The first-order valence-electron chi connectivity index (χ1n) is 4.68. The highest BCUT2D eigenvalue weighted by Crippen LogP contribution is 2.23. The van der Waals surface area contributed by atoms with Crippen molar-refractivity contribution in [2.24, 2.45) is 0 Å². The van der Waals surface area contributed by atoms with E-state index in [0.29, 0.717) is 26.1 Å². The lowest BCUT2D eigenvalue weighted by atomic mass is 10.1. The van der Waals surface area contributed by atoms with E-state index in [-0.39, 0.29) is 0 Å². The van der Waals surface area contributed by atoms with Crippen LogP contribution in [0.2, 0.25) is 10.3 Å². The van der Waals surface area contributed by atoms with Crippen LogP contribution in [-0.4, -0.2) is 9.97 Å². The van der Waals surface area contributed by atoms with Crippen LogP contribution < -0.4 is 0 Å². The van der Waals surface area contributed by atoms with Gasteiger partial charge in [-0.15, -0.1) is 0 Å². The van der Waals surface area contributed by atoms with E-state index in [1.165, 1.54) is 0 Å². The van der Waals surface area contributed by atoms with Gasteiger partial charge in [0.2, 0.25) is 0 Å². The molecule has 2 rings (SSSR count). The highest BCUT2D eigenvalue weighted by molar-refractivity contribution is 14.1. The summed E-state index contributed by atoms with van der Waals surface area (Å²) in [6.45, 7) is 0. The molecule has 0 aliphatic heterocycles. The van der Waals surface area contributed by atoms with Crippen LogP contribution in [-0.2, 0) is 6.42 Å². The Morgan fingerprint density at radius 2 is 1.82 bits per heavy atom. The molecule has 17 heavy (non-hydrogen) atoms. The second kappa shape index (κ2) is 5.82. The number of hydrogen-bond acceptors (Lipinski definition) is 2. The Morgan fingerprint density at radius 3 is 2.41 bits per heavy atom. The molecule has 1 aromatic heterocycles. The molecule has 0 N–H and O–H groups in total. The zero-order valence-electron chi connectivity index (χ0n) is 8.42. The van der Waals surface area contributed by atoms with Crippen molar-refractivity contribution < 1.29 is 0 Å². The van der Waals surface area contributed by atoms with Gasteiger partial charge >= 0.3 is 0 Å². The number of halogens is 4. The molecule has 0 unspecified atom stereocenters. The number of aromatic nitrogens is 2. The van der Waals surface area contributed by atoms with Gasteiger partial charge in [0.15, 0.2) is 0 Å². The lowest BCUT2D eigenvalue weighted by Gasteiger charge is -2.04. The molecular weight excluding hydrogens is 438 g/mol. The van der Waals surface area contributed by atoms with E-state index in [2.05, 4.69) is 25.9 Å². The van der Waals surface area contributed by atoms with Gasteiger partial charge in [-0.3, -0.25) is 0 Å². The number of nitrogens with zero attached hydrogens (tertiary/aromatic N) is 2. The Balaban J connectivity index is 2.31. The van der Waals surface area contributed by atoms with E-state index in [1.807, 2.05) is 46.9 Å². The second-order valence-corrected chi connectivity index (χ2v) is 6.05. The van der Waals surface area contributed by atoms with Crippen molar-refractivity contribution in [3.63, 3.8) is 0 Å². The fourth-order valence-electron chi connectivity index (χ4n) is 1.34.